The molecule has 6 heteroatoms. The molecule has 0 bridgehead atoms. The normalized spacial score (nSPS) is 10.9. The average molecular weight is 352 g/mol. The van der Waals surface area contributed by atoms with Crippen LogP contribution >= 0.6 is 15.9 Å². The second-order valence-corrected chi connectivity index (χ2v) is 5.69. The fourth-order valence-electron chi connectivity index (χ4n) is 1.92. The van der Waals surface area contributed by atoms with E-state index in [1.807, 2.05) is 20.8 Å². The van der Waals surface area contributed by atoms with Crippen LogP contribution in [0.4, 0.5) is 5.82 Å². The van der Waals surface area contributed by atoms with Gasteiger partial charge in [-0.15, -0.1) is 0 Å². The van der Waals surface area contributed by atoms with Crippen LogP contribution in [0.5, 0.6) is 11.5 Å². The maximum atomic E-state index is 9.76. The van der Waals surface area contributed by atoms with Crippen molar-refractivity contribution >= 4 is 21.7 Å². The average Bonchev–Trinajstić information content (AvgIpc) is 2.44. The molecule has 0 saturated heterocycles. The van der Waals surface area contributed by atoms with E-state index in [9.17, 15) is 5.11 Å². The van der Waals surface area contributed by atoms with E-state index >= 15 is 0 Å². The zero-order chi connectivity index (χ0) is 15.6. The summed E-state index contributed by atoms with van der Waals surface area (Å²) in [7, 11) is 0. The lowest BCUT2D eigenvalue weighted by atomic mass is 10.1. The van der Waals surface area contributed by atoms with Crippen molar-refractivity contribution in [3.8, 4) is 22.9 Å². The van der Waals surface area contributed by atoms with Crippen molar-refractivity contribution in [3.05, 3.63) is 28.4 Å². The lowest BCUT2D eigenvalue weighted by molar-refractivity contribution is 0.318. The molecule has 2 aromatic rings. The topological polar surface area (TPSA) is 81.3 Å². The Morgan fingerprint density at radius 1 is 1.33 bits per heavy atom. The molecule has 0 unspecified atom stereocenters. The van der Waals surface area contributed by atoms with Gasteiger partial charge in [0.1, 0.15) is 5.82 Å². The predicted molar refractivity (Wildman–Crippen MR) is 86.5 cm³/mol. The molecule has 1 heterocycles. The van der Waals surface area contributed by atoms with Gasteiger partial charge < -0.3 is 15.6 Å². The number of halogens is 1. The number of hydrogen-bond donors (Lipinski definition) is 2. The molecule has 5 nitrogen and oxygen atoms in total. The van der Waals surface area contributed by atoms with Crippen LogP contribution in [-0.2, 0) is 0 Å². The predicted octanol–water partition coefficient (Wildman–Crippen LogP) is 3.72. The number of phenolic OH excluding ortho intramolecular Hbond substituents is 1. The van der Waals surface area contributed by atoms with Crippen molar-refractivity contribution in [2.75, 3.05) is 12.3 Å². The highest BCUT2D eigenvalue weighted by Gasteiger charge is 2.15. The van der Waals surface area contributed by atoms with E-state index in [1.165, 1.54) is 0 Å². The molecule has 21 heavy (non-hydrogen) atoms. The van der Waals surface area contributed by atoms with Gasteiger partial charge in [-0.25, -0.2) is 9.97 Å². The van der Waals surface area contributed by atoms with Gasteiger partial charge in [0, 0.05) is 5.56 Å². The van der Waals surface area contributed by atoms with Gasteiger partial charge in [-0.1, -0.05) is 13.8 Å². The molecule has 0 aliphatic rings. The van der Waals surface area contributed by atoms with Gasteiger partial charge >= 0.3 is 0 Å². The van der Waals surface area contributed by atoms with Crippen molar-refractivity contribution in [3.63, 3.8) is 0 Å². The minimum absolute atomic E-state index is 0.0924. The highest BCUT2D eigenvalue weighted by atomic mass is 79.9. The number of nitrogens with two attached hydrogens (primary N) is 1. The lowest BCUT2D eigenvalue weighted by Crippen LogP contribution is -2.04. The molecule has 112 valence electrons. The summed E-state index contributed by atoms with van der Waals surface area (Å²) in [4.78, 5) is 8.86. The molecule has 0 spiro atoms. The fourth-order valence-corrected chi connectivity index (χ4v) is 2.55. The van der Waals surface area contributed by atoms with E-state index in [1.54, 1.807) is 18.2 Å². The smallest absolute Gasteiger partial charge is 0.161 e. The quantitative estimate of drug-likeness (QED) is 0.877. The second kappa shape index (κ2) is 6.30. The fraction of sp³-hybridized carbons (Fsp3) is 0.333. The number of phenols is 1. The van der Waals surface area contributed by atoms with Gasteiger partial charge in [0.15, 0.2) is 17.3 Å². The molecule has 0 aliphatic carbocycles. The van der Waals surface area contributed by atoms with Crippen molar-refractivity contribution < 1.29 is 9.84 Å². The van der Waals surface area contributed by atoms with Crippen LogP contribution < -0.4 is 10.5 Å². The number of ether oxygens (including phenoxy) is 1. The zero-order valence-corrected chi connectivity index (χ0v) is 13.8. The molecule has 0 fully saturated rings. The molecule has 0 saturated carbocycles. The molecular weight excluding hydrogens is 334 g/mol. The molecule has 3 N–H and O–H groups in total. The maximum absolute atomic E-state index is 9.76. The number of nitrogen functional groups attached to an aromatic ring is 1. The summed E-state index contributed by atoms with van der Waals surface area (Å²) in [5.74, 6) is 1.63. The Kier molecular flexibility index (Phi) is 4.67. The van der Waals surface area contributed by atoms with Gasteiger partial charge in [-0.3, -0.25) is 0 Å². The Labute approximate surface area is 132 Å². The Morgan fingerprint density at radius 3 is 2.67 bits per heavy atom. The summed E-state index contributed by atoms with van der Waals surface area (Å²) in [6.07, 6.45) is 0. The standard InChI is InChI=1S/C15H18BrN3O2/c1-4-21-11-7-9(5-6-10(11)20)15-18-13(8(2)3)12(16)14(17)19-15/h5-8,20H,4H2,1-3H3,(H2,17,18,19). The number of benzene rings is 1. The SMILES string of the molecule is CCOc1cc(-c2nc(N)c(Br)c(C(C)C)n2)ccc1O. The minimum atomic E-state index is 0.0924. The second-order valence-electron chi connectivity index (χ2n) is 4.90. The molecule has 0 radical (unpaired) electrons. The summed E-state index contributed by atoms with van der Waals surface area (Å²) in [5, 5.41) is 9.76. The maximum Gasteiger partial charge on any atom is 0.161 e. The number of rotatable bonds is 4. The van der Waals surface area contributed by atoms with Crippen LogP contribution in [0.25, 0.3) is 11.4 Å². The van der Waals surface area contributed by atoms with Crippen LogP contribution in [0.1, 0.15) is 32.4 Å². The Hall–Kier alpha value is -1.82. The third-order valence-corrected chi connectivity index (χ3v) is 3.78. The lowest BCUT2D eigenvalue weighted by Gasteiger charge is -2.12. The van der Waals surface area contributed by atoms with Gasteiger partial charge in [0.25, 0.3) is 0 Å². The highest BCUT2D eigenvalue weighted by molar-refractivity contribution is 9.10. The van der Waals surface area contributed by atoms with Crippen LogP contribution in [0.2, 0.25) is 0 Å². The Balaban J connectivity index is 2.54. The molecule has 1 aromatic heterocycles. The molecular formula is C15H18BrN3O2. The molecule has 2 rings (SSSR count). The molecule has 0 aliphatic heterocycles. The molecule has 1 aromatic carbocycles. The van der Waals surface area contributed by atoms with Gasteiger partial charge in [-0.05, 0) is 47.0 Å². The number of aromatic hydroxyl groups is 1. The largest absolute Gasteiger partial charge is 0.504 e. The van der Waals surface area contributed by atoms with Crippen LogP contribution in [0.3, 0.4) is 0 Å². The third-order valence-electron chi connectivity index (χ3n) is 2.97. The first-order valence-electron chi connectivity index (χ1n) is 6.73. The number of hydrogen-bond acceptors (Lipinski definition) is 5. The van der Waals surface area contributed by atoms with Crippen LogP contribution in [-0.4, -0.2) is 21.7 Å². The van der Waals surface area contributed by atoms with E-state index in [0.717, 1.165) is 15.7 Å². The van der Waals surface area contributed by atoms with E-state index in [0.29, 0.717) is 24.0 Å². The summed E-state index contributed by atoms with van der Waals surface area (Å²) in [5.41, 5.74) is 7.54. The summed E-state index contributed by atoms with van der Waals surface area (Å²) >= 11 is 3.42. The van der Waals surface area contributed by atoms with Crippen LogP contribution in [0, 0.1) is 0 Å². The van der Waals surface area contributed by atoms with Gasteiger partial charge in [0.2, 0.25) is 0 Å². The van der Waals surface area contributed by atoms with Crippen molar-refractivity contribution in [2.45, 2.75) is 26.7 Å². The Bertz CT molecular complexity index is 660. The van der Waals surface area contributed by atoms with Gasteiger partial charge in [-0.2, -0.15) is 0 Å². The zero-order valence-electron chi connectivity index (χ0n) is 12.2. The van der Waals surface area contributed by atoms with E-state index in [4.69, 9.17) is 10.5 Å². The first kappa shape index (κ1) is 15.6. The third kappa shape index (κ3) is 3.26. The summed E-state index contributed by atoms with van der Waals surface area (Å²) in [6.45, 7) is 6.41. The summed E-state index contributed by atoms with van der Waals surface area (Å²) in [6, 6.07) is 5.02. The first-order valence-corrected chi connectivity index (χ1v) is 7.52. The van der Waals surface area contributed by atoms with Crippen LogP contribution in [0.15, 0.2) is 22.7 Å². The van der Waals surface area contributed by atoms with Crippen molar-refractivity contribution in [2.24, 2.45) is 0 Å². The Morgan fingerprint density at radius 2 is 2.05 bits per heavy atom. The van der Waals surface area contributed by atoms with E-state index in [-0.39, 0.29) is 11.7 Å². The van der Waals surface area contributed by atoms with Gasteiger partial charge in [0.05, 0.1) is 16.8 Å². The highest BCUT2D eigenvalue weighted by Crippen LogP contribution is 2.33. The summed E-state index contributed by atoms with van der Waals surface area (Å²) < 4.78 is 6.11. The molecule has 0 atom stereocenters. The van der Waals surface area contributed by atoms with E-state index < -0.39 is 0 Å². The number of nitrogens with zero attached hydrogens (tertiary/aromatic N) is 2. The number of anilines is 1. The number of aromatic nitrogens is 2. The monoisotopic (exact) mass is 351 g/mol. The van der Waals surface area contributed by atoms with Crippen molar-refractivity contribution in [1.29, 1.82) is 0 Å². The van der Waals surface area contributed by atoms with E-state index in [2.05, 4.69) is 25.9 Å². The minimum Gasteiger partial charge on any atom is -0.504 e. The molecule has 0 amide bonds. The van der Waals surface area contributed by atoms with Crippen molar-refractivity contribution in [1.82, 2.24) is 9.97 Å². The first-order chi connectivity index (χ1) is 9.93.